The average molecular weight is 183 g/mol. The van der Waals surface area contributed by atoms with Crippen LogP contribution >= 0.6 is 0 Å². The van der Waals surface area contributed by atoms with E-state index >= 15 is 0 Å². The van der Waals surface area contributed by atoms with Crippen LogP contribution < -0.4 is 5.73 Å². The van der Waals surface area contributed by atoms with Crippen molar-refractivity contribution < 1.29 is 4.74 Å². The highest BCUT2D eigenvalue weighted by Gasteiger charge is 2.53. The highest BCUT2D eigenvalue weighted by atomic mass is 16.5. The number of fused-ring (bicyclic) bond motifs is 2. The van der Waals surface area contributed by atoms with Gasteiger partial charge in [-0.3, -0.25) is 0 Å². The third kappa shape index (κ3) is 1.31. The van der Waals surface area contributed by atoms with E-state index in [0.29, 0.717) is 24.0 Å². The van der Waals surface area contributed by atoms with Crippen LogP contribution in [0.2, 0.25) is 0 Å². The molecule has 2 nitrogen and oxygen atoms in total. The summed E-state index contributed by atoms with van der Waals surface area (Å²) in [6, 6.07) is 0. The Balaban J connectivity index is 2.13. The molecule has 13 heavy (non-hydrogen) atoms. The zero-order chi connectivity index (χ0) is 9.64. The van der Waals surface area contributed by atoms with Gasteiger partial charge in [-0.15, -0.1) is 0 Å². The normalized spacial score (nSPS) is 45.9. The number of hydrogen-bond donors (Lipinski definition) is 1. The Labute approximate surface area is 80.8 Å². The zero-order valence-corrected chi connectivity index (χ0v) is 8.92. The van der Waals surface area contributed by atoms with Crippen LogP contribution in [0.4, 0.5) is 0 Å². The Kier molecular flexibility index (Phi) is 2.16. The number of nitrogens with two attached hydrogens (primary N) is 1. The third-order valence-corrected chi connectivity index (χ3v) is 4.14. The molecule has 0 amide bonds. The van der Waals surface area contributed by atoms with Gasteiger partial charge in [0, 0.05) is 5.54 Å². The maximum Gasteiger partial charge on any atom is 0.0762 e. The van der Waals surface area contributed by atoms with Crippen LogP contribution in [0.25, 0.3) is 0 Å². The SMILES string of the molecule is CC(C)C(C)C1(N)CC2CCC1O2. The van der Waals surface area contributed by atoms with Gasteiger partial charge in [0.05, 0.1) is 12.2 Å². The predicted molar refractivity (Wildman–Crippen MR) is 53.4 cm³/mol. The molecule has 2 fully saturated rings. The third-order valence-electron chi connectivity index (χ3n) is 4.14. The van der Waals surface area contributed by atoms with Gasteiger partial charge in [-0.1, -0.05) is 20.8 Å². The summed E-state index contributed by atoms with van der Waals surface area (Å²) < 4.78 is 5.83. The summed E-state index contributed by atoms with van der Waals surface area (Å²) in [5.74, 6) is 1.23. The molecule has 0 spiro atoms. The van der Waals surface area contributed by atoms with Crippen LogP contribution in [-0.2, 0) is 4.74 Å². The van der Waals surface area contributed by atoms with E-state index in [1.165, 1.54) is 12.8 Å². The molecule has 0 aromatic rings. The summed E-state index contributed by atoms with van der Waals surface area (Å²) in [6.45, 7) is 6.78. The molecule has 4 unspecified atom stereocenters. The lowest BCUT2D eigenvalue weighted by molar-refractivity contribution is 0.0645. The second-order valence-electron chi connectivity index (χ2n) is 5.17. The van der Waals surface area contributed by atoms with Crippen molar-refractivity contribution in [3.63, 3.8) is 0 Å². The van der Waals surface area contributed by atoms with Crippen molar-refractivity contribution in [2.45, 2.75) is 57.8 Å². The fourth-order valence-corrected chi connectivity index (χ4v) is 2.88. The van der Waals surface area contributed by atoms with Gasteiger partial charge in [0.2, 0.25) is 0 Å². The van der Waals surface area contributed by atoms with Gasteiger partial charge in [0.25, 0.3) is 0 Å². The highest BCUT2D eigenvalue weighted by molar-refractivity contribution is 5.07. The number of hydrogen-bond acceptors (Lipinski definition) is 2. The Bertz CT molecular complexity index is 204. The Morgan fingerprint density at radius 2 is 2.00 bits per heavy atom. The second-order valence-corrected chi connectivity index (χ2v) is 5.17. The summed E-state index contributed by atoms with van der Waals surface area (Å²) in [4.78, 5) is 0. The van der Waals surface area contributed by atoms with E-state index in [9.17, 15) is 0 Å². The van der Waals surface area contributed by atoms with Crippen molar-refractivity contribution in [3.8, 4) is 0 Å². The largest absolute Gasteiger partial charge is 0.373 e. The van der Waals surface area contributed by atoms with Gasteiger partial charge >= 0.3 is 0 Å². The molecule has 2 saturated heterocycles. The summed E-state index contributed by atoms with van der Waals surface area (Å²) in [6.07, 6.45) is 4.30. The first-order chi connectivity index (χ1) is 6.04. The topological polar surface area (TPSA) is 35.2 Å². The first-order valence-electron chi connectivity index (χ1n) is 5.48. The predicted octanol–water partition coefficient (Wildman–Crippen LogP) is 1.93. The zero-order valence-electron chi connectivity index (χ0n) is 8.92. The minimum atomic E-state index is -0.0307. The Morgan fingerprint density at radius 1 is 1.31 bits per heavy atom. The molecule has 0 saturated carbocycles. The van der Waals surface area contributed by atoms with Gasteiger partial charge in [-0.05, 0) is 31.1 Å². The summed E-state index contributed by atoms with van der Waals surface area (Å²) in [5, 5.41) is 0. The summed E-state index contributed by atoms with van der Waals surface area (Å²) >= 11 is 0. The molecular formula is C11H21NO. The van der Waals surface area contributed by atoms with Crippen molar-refractivity contribution in [3.05, 3.63) is 0 Å². The van der Waals surface area contributed by atoms with E-state index in [-0.39, 0.29) is 5.54 Å². The molecule has 4 atom stereocenters. The summed E-state index contributed by atoms with van der Waals surface area (Å²) in [7, 11) is 0. The van der Waals surface area contributed by atoms with Gasteiger partial charge in [0.15, 0.2) is 0 Å². The van der Waals surface area contributed by atoms with Crippen LogP contribution in [0.1, 0.15) is 40.0 Å². The molecule has 76 valence electrons. The lowest BCUT2D eigenvalue weighted by Crippen LogP contribution is -2.55. The fraction of sp³-hybridized carbons (Fsp3) is 1.00. The highest BCUT2D eigenvalue weighted by Crippen LogP contribution is 2.45. The quantitative estimate of drug-likeness (QED) is 0.710. The van der Waals surface area contributed by atoms with Crippen molar-refractivity contribution in [2.24, 2.45) is 17.6 Å². The van der Waals surface area contributed by atoms with Crippen molar-refractivity contribution in [2.75, 3.05) is 0 Å². The lowest BCUT2D eigenvalue weighted by Gasteiger charge is -2.39. The van der Waals surface area contributed by atoms with E-state index in [1.807, 2.05) is 0 Å². The minimum absolute atomic E-state index is 0.0307. The molecule has 0 aromatic heterocycles. The van der Waals surface area contributed by atoms with Crippen LogP contribution in [0, 0.1) is 11.8 Å². The maximum absolute atomic E-state index is 6.46. The van der Waals surface area contributed by atoms with E-state index in [4.69, 9.17) is 10.5 Å². The fourth-order valence-electron chi connectivity index (χ4n) is 2.88. The van der Waals surface area contributed by atoms with Crippen LogP contribution in [0.5, 0.6) is 0 Å². The standard InChI is InChI=1S/C11H21NO/c1-7(2)8(3)11(12)6-9-4-5-10(11)13-9/h7-10H,4-6,12H2,1-3H3. The molecule has 2 bridgehead atoms. The molecule has 0 radical (unpaired) electrons. The maximum atomic E-state index is 6.46. The van der Waals surface area contributed by atoms with E-state index in [0.717, 1.165) is 6.42 Å². The van der Waals surface area contributed by atoms with E-state index < -0.39 is 0 Å². The molecule has 2 heterocycles. The van der Waals surface area contributed by atoms with Crippen LogP contribution in [0.15, 0.2) is 0 Å². The molecule has 2 aliphatic rings. The smallest absolute Gasteiger partial charge is 0.0762 e. The minimum Gasteiger partial charge on any atom is -0.373 e. The Hall–Kier alpha value is -0.0800. The molecule has 0 aromatic carbocycles. The van der Waals surface area contributed by atoms with E-state index in [2.05, 4.69) is 20.8 Å². The molecular weight excluding hydrogens is 162 g/mol. The van der Waals surface area contributed by atoms with Crippen molar-refractivity contribution in [1.29, 1.82) is 0 Å². The van der Waals surface area contributed by atoms with Gasteiger partial charge < -0.3 is 10.5 Å². The second kappa shape index (κ2) is 2.96. The van der Waals surface area contributed by atoms with Crippen LogP contribution in [0.3, 0.4) is 0 Å². The van der Waals surface area contributed by atoms with Gasteiger partial charge in [-0.2, -0.15) is 0 Å². The number of rotatable bonds is 2. The molecule has 2 aliphatic heterocycles. The van der Waals surface area contributed by atoms with Gasteiger partial charge in [0.1, 0.15) is 0 Å². The molecule has 2 N–H and O–H groups in total. The van der Waals surface area contributed by atoms with Crippen LogP contribution in [-0.4, -0.2) is 17.7 Å². The van der Waals surface area contributed by atoms with Crippen molar-refractivity contribution in [1.82, 2.24) is 0 Å². The molecule has 2 heteroatoms. The van der Waals surface area contributed by atoms with E-state index in [1.54, 1.807) is 0 Å². The van der Waals surface area contributed by atoms with Gasteiger partial charge in [-0.25, -0.2) is 0 Å². The first-order valence-corrected chi connectivity index (χ1v) is 5.48. The van der Waals surface area contributed by atoms with Crippen molar-refractivity contribution >= 4 is 0 Å². The first kappa shape index (κ1) is 9.47. The Morgan fingerprint density at radius 3 is 2.38 bits per heavy atom. The number of ether oxygens (including phenoxy) is 1. The monoisotopic (exact) mass is 183 g/mol. The molecule has 2 rings (SSSR count). The average Bonchev–Trinajstić information content (AvgIpc) is 2.62. The lowest BCUT2D eigenvalue weighted by atomic mass is 9.70. The molecule has 0 aliphatic carbocycles. The summed E-state index contributed by atoms with van der Waals surface area (Å²) in [5.41, 5.74) is 6.43.